The monoisotopic (exact) mass is 311 g/mol. The molecule has 0 amide bonds. The maximum Gasteiger partial charge on any atom is 0.0991 e. The molecule has 0 aliphatic heterocycles. The van der Waals surface area contributed by atoms with Crippen molar-refractivity contribution in [3.05, 3.63) is 48.0 Å². The molecule has 0 heterocycles. The maximum atomic E-state index is 8.87. The fourth-order valence-corrected chi connectivity index (χ4v) is 3.41. The summed E-state index contributed by atoms with van der Waals surface area (Å²) < 4.78 is 5.86. The lowest BCUT2D eigenvalue weighted by atomic mass is 9.79. The third-order valence-corrected chi connectivity index (χ3v) is 4.91. The molecule has 0 aromatic heterocycles. The third kappa shape index (κ3) is 6.20. The van der Waals surface area contributed by atoms with Gasteiger partial charge >= 0.3 is 0 Å². The molecule has 0 spiro atoms. The van der Waals surface area contributed by atoms with Crippen LogP contribution in [-0.2, 0) is 4.74 Å². The Morgan fingerprint density at radius 1 is 1.09 bits per heavy atom. The Bertz CT molecular complexity index is 492. The van der Waals surface area contributed by atoms with E-state index in [9.17, 15) is 0 Å². The van der Waals surface area contributed by atoms with Crippen LogP contribution in [0.25, 0.3) is 0 Å². The number of allylic oxidation sites excluding steroid dienone is 1. The largest absolute Gasteiger partial charge is 0.381 e. The summed E-state index contributed by atoms with van der Waals surface area (Å²) in [4.78, 5) is 0. The van der Waals surface area contributed by atoms with Crippen LogP contribution in [-0.4, -0.2) is 13.2 Å². The number of rotatable bonds is 9. The lowest BCUT2D eigenvalue weighted by Gasteiger charge is -2.28. The summed E-state index contributed by atoms with van der Waals surface area (Å²) in [6, 6.07) is 10.3. The minimum atomic E-state index is 0.665. The topological polar surface area (TPSA) is 33.0 Å². The average Bonchev–Trinajstić information content (AvgIpc) is 2.61. The predicted octanol–water partition coefficient (Wildman–Crippen LogP) is 5.60. The highest BCUT2D eigenvalue weighted by Crippen LogP contribution is 2.35. The summed E-state index contributed by atoms with van der Waals surface area (Å²) in [6.45, 7) is 5.59. The van der Waals surface area contributed by atoms with Gasteiger partial charge in [-0.25, -0.2) is 0 Å². The normalized spacial score (nSPS) is 20.8. The summed E-state index contributed by atoms with van der Waals surface area (Å²) in [5.74, 6) is 1.40. The second-order valence-electron chi connectivity index (χ2n) is 6.66. The van der Waals surface area contributed by atoms with E-state index in [4.69, 9.17) is 10.00 Å². The molecule has 1 aliphatic rings. The predicted molar refractivity (Wildman–Crippen MR) is 95.3 cm³/mol. The van der Waals surface area contributed by atoms with Gasteiger partial charge in [-0.15, -0.1) is 6.58 Å². The number of benzene rings is 1. The molecular weight excluding hydrogens is 282 g/mol. The molecule has 2 heteroatoms. The van der Waals surface area contributed by atoms with Gasteiger partial charge in [0.05, 0.1) is 11.6 Å². The second-order valence-corrected chi connectivity index (χ2v) is 6.66. The first kappa shape index (κ1) is 17.8. The molecule has 0 atom stereocenters. The summed E-state index contributed by atoms with van der Waals surface area (Å²) in [7, 11) is 0. The van der Waals surface area contributed by atoms with Crippen LogP contribution in [0.5, 0.6) is 0 Å². The van der Waals surface area contributed by atoms with Crippen LogP contribution in [0.3, 0.4) is 0 Å². The van der Waals surface area contributed by atoms with Crippen LogP contribution < -0.4 is 0 Å². The van der Waals surface area contributed by atoms with Gasteiger partial charge in [-0.1, -0.05) is 24.6 Å². The number of ether oxygens (including phenoxy) is 1. The Morgan fingerprint density at radius 2 is 1.83 bits per heavy atom. The first-order chi connectivity index (χ1) is 11.3. The zero-order valence-corrected chi connectivity index (χ0v) is 14.2. The smallest absolute Gasteiger partial charge is 0.0991 e. The summed E-state index contributed by atoms with van der Waals surface area (Å²) >= 11 is 0. The lowest BCUT2D eigenvalue weighted by molar-refractivity contribution is 0.0800. The molecule has 0 bridgehead atoms. The van der Waals surface area contributed by atoms with E-state index in [0.29, 0.717) is 5.92 Å². The van der Waals surface area contributed by atoms with Crippen LogP contribution in [0.4, 0.5) is 0 Å². The fraction of sp³-hybridized carbons (Fsp3) is 0.571. The molecule has 0 saturated heterocycles. The van der Waals surface area contributed by atoms with E-state index in [1.165, 1.54) is 50.5 Å². The van der Waals surface area contributed by atoms with Gasteiger partial charge < -0.3 is 4.74 Å². The van der Waals surface area contributed by atoms with Gasteiger partial charge in [0.15, 0.2) is 0 Å². The Hall–Kier alpha value is -1.59. The second kappa shape index (κ2) is 10.2. The Labute approximate surface area is 141 Å². The Morgan fingerprint density at radius 3 is 2.48 bits per heavy atom. The number of hydrogen-bond donors (Lipinski definition) is 0. The molecule has 23 heavy (non-hydrogen) atoms. The van der Waals surface area contributed by atoms with E-state index >= 15 is 0 Å². The van der Waals surface area contributed by atoms with E-state index in [0.717, 1.165) is 31.1 Å². The van der Waals surface area contributed by atoms with Crippen molar-refractivity contribution in [3.8, 4) is 6.07 Å². The number of hydrogen-bond acceptors (Lipinski definition) is 2. The molecule has 1 aliphatic carbocycles. The van der Waals surface area contributed by atoms with Crippen LogP contribution in [0, 0.1) is 17.2 Å². The zero-order chi connectivity index (χ0) is 16.3. The van der Waals surface area contributed by atoms with Crippen molar-refractivity contribution in [3.63, 3.8) is 0 Å². The van der Waals surface area contributed by atoms with Crippen molar-refractivity contribution < 1.29 is 4.74 Å². The van der Waals surface area contributed by atoms with E-state index in [2.05, 4.69) is 24.8 Å². The molecular formula is C21H29NO. The van der Waals surface area contributed by atoms with Crippen LogP contribution >= 0.6 is 0 Å². The van der Waals surface area contributed by atoms with Gasteiger partial charge in [-0.3, -0.25) is 0 Å². The summed E-state index contributed by atoms with van der Waals surface area (Å²) in [5.41, 5.74) is 2.15. The third-order valence-electron chi connectivity index (χ3n) is 4.91. The Balaban J connectivity index is 1.60. The molecule has 0 radical (unpaired) electrons. The summed E-state index contributed by atoms with van der Waals surface area (Å²) in [6.07, 6.45) is 11.8. The SMILES string of the molecule is C=CCCCCCOCC1CCC(c2ccc(C#N)cc2)CC1. The first-order valence-corrected chi connectivity index (χ1v) is 9.02. The molecule has 1 fully saturated rings. The van der Waals surface area contributed by atoms with Crippen molar-refractivity contribution in [1.82, 2.24) is 0 Å². The van der Waals surface area contributed by atoms with Crippen molar-refractivity contribution in [2.75, 3.05) is 13.2 Å². The van der Waals surface area contributed by atoms with E-state index in [1.807, 2.05) is 18.2 Å². The van der Waals surface area contributed by atoms with Crippen molar-refractivity contribution in [2.24, 2.45) is 5.92 Å². The standard InChI is InChI=1S/C21H29NO/c1-2-3-4-5-6-15-23-17-19-9-13-21(14-10-19)20-11-7-18(16-22)8-12-20/h2,7-8,11-12,19,21H,1,3-6,9-10,13-15,17H2. The molecule has 1 saturated carbocycles. The highest BCUT2D eigenvalue weighted by atomic mass is 16.5. The molecule has 0 unspecified atom stereocenters. The van der Waals surface area contributed by atoms with E-state index in [1.54, 1.807) is 0 Å². The molecule has 2 nitrogen and oxygen atoms in total. The van der Waals surface area contributed by atoms with Crippen molar-refractivity contribution >= 4 is 0 Å². The van der Waals surface area contributed by atoms with E-state index < -0.39 is 0 Å². The van der Waals surface area contributed by atoms with E-state index in [-0.39, 0.29) is 0 Å². The maximum absolute atomic E-state index is 8.87. The van der Waals surface area contributed by atoms with Crippen LogP contribution in [0.1, 0.15) is 68.4 Å². The quantitative estimate of drug-likeness (QED) is 0.439. The lowest BCUT2D eigenvalue weighted by Crippen LogP contribution is -2.18. The van der Waals surface area contributed by atoms with Gasteiger partial charge in [0.1, 0.15) is 0 Å². The van der Waals surface area contributed by atoms with Gasteiger partial charge in [-0.05, 0) is 74.5 Å². The molecule has 1 aromatic carbocycles. The Kier molecular flexibility index (Phi) is 7.90. The minimum Gasteiger partial charge on any atom is -0.381 e. The van der Waals surface area contributed by atoms with Gasteiger partial charge in [-0.2, -0.15) is 5.26 Å². The van der Waals surface area contributed by atoms with Crippen LogP contribution in [0.15, 0.2) is 36.9 Å². The number of nitriles is 1. The fourth-order valence-electron chi connectivity index (χ4n) is 3.41. The first-order valence-electron chi connectivity index (χ1n) is 9.02. The minimum absolute atomic E-state index is 0.665. The van der Waals surface area contributed by atoms with Gasteiger partial charge in [0.25, 0.3) is 0 Å². The van der Waals surface area contributed by atoms with Gasteiger partial charge in [0.2, 0.25) is 0 Å². The molecule has 124 valence electrons. The summed E-state index contributed by atoms with van der Waals surface area (Å²) in [5, 5.41) is 8.87. The van der Waals surface area contributed by atoms with Gasteiger partial charge in [0, 0.05) is 13.2 Å². The average molecular weight is 311 g/mol. The molecule has 1 aromatic rings. The highest BCUT2D eigenvalue weighted by Gasteiger charge is 2.22. The number of nitrogens with zero attached hydrogens (tertiary/aromatic N) is 1. The van der Waals surface area contributed by atoms with Crippen molar-refractivity contribution in [2.45, 2.75) is 57.3 Å². The zero-order valence-electron chi connectivity index (χ0n) is 14.2. The molecule has 0 N–H and O–H groups in total. The number of unbranched alkanes of at least 4 members (excludes halogenated alkanes) is 3. The highest BCUT2D eigenvalue weighted by molar-refractivity contribution is 5.33. The van der Waals surface area contributed by atoms with Crippen LogP contribution in [0.2, 0.25) is 0 Å². The molecule has 2 rings (SSSR count). The van der Waals surface area contributed by atoms with Crippen molar-refractivity contribution in [1.29, 1.82) is 5.26 Å².